The molecule has 6 nitrogen and oxygen atoms in total. The highest BCUT2D eigenvalue weighted by atomic mass is 16.2. The van der Waals surface area contributed by atoms with Crippen molar-refractivity contribution in [3.8, 4) is 0 Å². The van der Waals surface area contributed by atoms with Gasteiger partial charge in [0.05, 0.1) is 5.70 Å². The molecule has 0 saturated heterocycles. The molecule has 124 valence electrons. The third kappa shape index (κ3) is 3.01. The zero-order valence-corrected chi connectivity index (χ0v) is 13.5. The Labute approximate surface area is 145 Å². The van der Waals surface area contributed by atoms with E-state index in [0.29, 0.717) is 12.2 Å². The molecule has 25 heavy (non-hydrogen) atoms. The van der Waals surface area contributed by atoms with E-state index < -0.39 is 0 Å². The molecule has 2 aliphatic rings. The number of aromatic nitrogens is 2. The summed E-state index contributed by atoms with van der Waals surface area (Å²) < 4.78 is 0. The Morgan fingerprint density at radius 1 is 1.16 bits per heavy atom. The summed E-state index contributed by atoms with van der Waals surface area (Å²) in [6.07, 6.45) is 14.6. The second-order valence-electron chi connectivity index (χ2n) is 5.75. The highest BCUT2D eigenvalue weighted by Gasteiger charge is 2.33. The van der Waals surface area contributed by atoms with Crippen LogP contribution in [0.4, 0.5) is 0 Å². The average molecular weight is 331 g/mol. The zero-order valence-electron chi connectivity index (χ0n) is 13.5. The van der Waals surface area contributed by atoms with E-state index >= 15 is 0 Å². The average Bonchev–Trinajstić information content (AvgIpc) is 3.07. The van der Waals surface area contributed by atoms with Gasteiger partial charge in [0.25, 0.3) is 5.91 Å². The molecule has 1 atom stereocenters. The monoisotopic (exact) mass is 331 g/mol. The van der Waals surface area contributed by atoms with E-state index in [1.807, 2.05) is 53.6 Å². The van der Waals surface area contributed by atoms with Gasteiger partial charge in [-0.2, -0.15) is 0 Å². The van der Waals surface area contributed by atoms with Crippen molar-refractivity contribution >= 4 is 5.91 Å². The zero-order chi connectivity index (χ0) is 17.1. The van der Waals surface area contributed by atoms with E-state index in [9.17, 15) is 4.79 Å². The first-order chi connectivity index (χ1) is 12.3. The number of amides is 1. The van der Waals surface area contributed by atoms with Gasteiger partial charge in [-0.05, 0) is 29.8 Å². The molecule has 1 amide bonds. The topological polar surface area (TPSA) is 70.2 Å². The summed E-state index contributed by atoms with van der Waals surface area (Å²) in [6, 6.07) is 7.67. The molecular formula is C19H17N5O. The molecule has 2 aromatic rings. The van der Waals surface area contributed by atoms with Crippen LogP contribution in [0, 0.1) is 0 Å². The summed E-state index contributed by atoms with van der Waals surface area (Å²) in [5.41, 5.74) is 3.35. The van der Waals surface area contributed by atoms with Crippen LogP contribution in [-0.4, -0.2) is 20.8 Å². The van der Waals surface area contributed by atoms with Crippen molar-refractivity contribution < 1.29 is 4.79 Å². The van der Waals surface area contributed by atoms with Crippen molar-refractivity contribution in [2.75, 3.05) is 0 Å². The lowest BCUT2D eigenvalue weighted by Crippen LogP contribution is -2.31. The molecule has 0 spiro atoms. The minimum atomic E-state index is -0.149. The molecule has 0 fully saturated rings. The standard InChI is InChI=1S/C19H17N5O/c25-19(22-12-14-5-3-8-20-11-14)17-16-7-1-2-10-24(16)18(23-17)15-6-4-9-21-13-15/h1-11,13,18,23H,12H2,(H,22,25). The van der Waals surface area contributed by atoms with Gasteiger partial charge in [-0.15, -0.1) is 0 Å². The van der Waals surface area contributed by atoms with Gasteiger partial charge in [0.15, 0.2) is 0 Å². The summed E-state index contributed by atoms with van der Waals surface area (Å²) >= 11 is 0. The SMILES string of the molecule is O=C(NCc1cccnc1)C1=C2C=CC=CN2C(c2cccnc2)N1. The maximum Gasteiger partial charge on any atom is 0.269 e. The Balaban J connectivity index is 1.55. The van der Waals surface area contributed by atoms with Crippen LogP contribution in [0.3, 0.4) is 0 Å². The largest absolute Gasteiger partial charge is 0.355 e. The number of nitrogens with one attached hydrogen (secondary N) is 2. The molecule has 0 bridgehead atoms. The molecule has 2 N–H and O–H groups in total. The number of fused-ring (bicyclic) bond motifs is 1. The summed E-state index contributed by atoms with van der Waals surface area (Å²) in [5, 5.41) is 6.27. The first kappa shape index (κ1) is 15.1. The maximum atomic E-state index is 12.7. The number of hydrogen-bond donors (Lipinski definition) is 2. The first-order valence-electron chi connectivity index (χ1n) is 8.04. The highest BCUT2D eigenvalue weighted by Crippen LogP contribution is 2.33. The normalized spacial score (nSPS) is 18.1. The molecule has 0 saturated carbocycles. The van der Waals surface area contributed by atoms with Crippen LogP contribution in [0.5, 0.6) is 0 Å². The van der Waals surface area contributed by atoms with Crippen LogP contribution in [0.15, 0.2) is 84.9 Å². The predicted octanol–water partition coefficient (Wildman–Crippen LogP) is 1.99. The summed E-state index contributed by atoms with van der Waals surface area (Å²) in [4.78, 5) is 23.0. The molecule has 0 aromatic carbocycles. The Bertz CT molecular complexity index is 858. The number of hydrogen-bond acceptors (Lipinski definition) is 5. The smallest absolute Gasteiger partial charge is 0.269 e. The first-order valence-corrected chi connectivity index (χ1v) is 8.04. The van der Waals surface area contributed by atoms with Gasteiger partial charge in [-0.25, -0.2) is 0 Å². The van der Waals surface area contributed by atoms with Crippen LogP contribution in [0.1, 0.15) is 17.3 Å². The van der Waals surface area contributed by atoms with Crippen molar-refractivity contribution in [1.82, 2.24) is 25.5 Å². The number of pyridine rings is 2. The van der Waals surface area contributed by atoms with E-state index in [1.165, 1.54) is 0 Å². The van der Waals surface area contributed by atoms with Crippen LogP contribution >= 0.6 is 0 Å². The molecule has 0 radical (unpaired) electrons. The number of carbonyl (C=O) groups excluding carboxylic acids is 1. The molecular weight excluding hydrogens is 314 g/mol. The highest BCUT2D eigenvalue weighted by molar-refractivity contribution is 5.94. The lowest BCUT2D eigenvalue weighted by atomic mass is 10.2. The number of rotatable bonds is 4. The molecule has 4 rings (SSSR count). The van der Waals surface area contributed by atoms with Crippen LogP contribution in [0.25, 0.3) is 0 Å². The Morgan fingerprint density at radius 3 is 2.76 bits per heavy atom. The van der Waals surface area contributed by atoms with E-state index in [2.05, 4.69) is 20.6 Å². The quantitative estimate of drug-likeness (QED) is 0.897. The minimum absolute atomic E-state index is 0.143. The third-order valence-electron chi connectivity index (χ3n) is 4.11. The predicted molar refractivity (Wildman–Crippen MR) is 93.3 cm³/mol. The van der Waals surface area contributed by atoms with Crippen molar-refractivity contribution in [1.29, 1.82) is 0 Å². The third-order valence-corrected chi connectivity index (χ3v) is 4.11. The van der Waals surface area contributed by atoms with Crippen molar-refractivity contribution in [3.05, 3.63) is 96.0 Å². The molecule has 2 aromatic heterocycles. The summed E-state index contributed by atoms with van der Waals surface area (Å²) in [7, 11) is 0. The summed E-state index contributed by atoms with van der Waals surface area (Å²) in [6.45, 7) is 0.433. The lowest BCUT2D eigenvalue weighted by Gasteiger charge is -2.25. The fourth-order valence-electron chi connectivity index (χ4n) is 2.91. The Morgan fingerprint density at radius 2 is 2.00 bits per heavy atom. The Kier molecular flexibility index (Phi) is 4.00. The Hall–Kier alpha value is -3.41. The van der Waals surface area contributed by atoms with Gasteiger partial charge in [-0.3, -0.25) is 14.8 Å². The van der Waals surface area contributed by atoms with Gasteiger partial charge in [0.2, 0.25) is 0 Å². The van der Waals surface area contributed by atoms with E-state index in [0.717, 1.165) is 16.8 Å². The lowest BCUT2D eigenvalue weighted by molar-refractivity contribution is -0.118. The van der Waals surface area contributed by atoms with Gasteiger partial charge in [0.1, 0.15) is 11.9 Å². The fraction of sp³-hybridized carbons (Fsp3) is 0.105. The molecule has 6 heteroatoms. The van der Waals surface area contributed by atoms with Crippen LogP contribution in [-0.2, 0) is 11.3 Å². The van der Waals surface area contributed by atoms with Crippen molar-refractivity contribution in [3.63, 3.8) is 0 Å². The maximum absolute atomic E-state index is 12.7. The minimum Gasteiger partial charge on any atom is -0.355 e. The molecule has 0 aliphatic carbocycles. The second kappa shape index (κ2) is 6.60. The summed E-state index contributed by atoms with van der Waals surface area (Å²) in [5.74, 6) is -0.143. The van der Waals surface area contributed by atoms with Crippen LogP contribution in [0.2, 0.25) is 0 Å². The van der Waals surface area contributed by atoms with Crippen LogP contribution < -0.4 is 10.6 Å². The van der Waals surface area contributed by atoms with Crippen molar-refractivity contribution in [2.45, 2.75) is 12.7 Å². The van der Waals surface area contributed by atoms with E-state index in [4.69, 9.17) is 0 Å². The molecule has 2 aliphatic heterocycles. The second-order valence-corrected chi connectivity index (χ2v) is 5.75. The number of nitrogens with zero attached hydrogens (tertiary/aromatic N) is 3. The van der Waals surface area contributed by atoms with Gasteiger partial charge in [0, 0.05) is 43.1 Å². The van der Waals surface area contributed by atoms with Crippen molar-refractivity contribution in [2.24, 2.45) is 0 Å². The molecule has 1 unspecified atom stereocenters. The van der Waals surface area contributed by atoms with Gasteiger partial charge >= 0.3 is 0 Å². The van der Waals surface area contributed by atoms with Gasteiger partial charge < -0.3 is 15.5 Å². The van der Waals surface area contributed by atoms with E-state index in [1.54, 1.807) is 24.8 Å². The van der Waals surface area contributed by atoms with E-state index in [-0.39, 0.29) is 12.1 Å². The number of carbonyl (C=O) groups is 1. The fourth-order valence-corrected chi connectivity index (χ4v) is 2.91. The van der Waals surface area contributed by atoms with Gasteiger partial charge in [-0.1, -0.05) is 18.2 Å². The number of allylic oxidation sites excluding steroid dienone is 3. The molecule has 4 heterocycles.